The van der Waals surface area contributed by atoms with Crippen molar-refractivity contribution in [3.05, 3.63) is 52.3 Å². The number of aryl methyl sites for hydroxylation is 1. The molecule has 2 unspecified atom stereocenters. The monoisotopic (exact) mass is 714 g/mol. The Hall–Kier alpha value is -3.29. The zero-order valence-electron chi connectivity index (χ0n) is 27.7. The summed E-state index contributed by atoms with van der Waals surface area (Å²) in [6, 6.07) is 10.5. The molecule has 4 aromatic rings. The third-order valence-electron chi connectivity index (χ3n) is 10.5. The smallest absolute Gasteiger partial charge is 0.367 e. The maximum Gasteiger partial charge on any atom is 0.393 e. The van der Waals surface area contributed by atoms with E-state index in [1.165, 1.54) is 17.5 Å². The van der Waals surface area contributed by atoms with Gasteiger partial charge in [-0.1, -0.05) is 6.07 Å². The van der Waals surface area contributed by atoms with Gasteiger partial charge >= 0.3 is 6.18 Å². The summed E-state index contributed by atoms with van der Waals surface area (Å²) >= 11 is 1.06. The van der Waals surface area contributed by atoms with Crippen LogP contribution >= 0.6 is 11.3 Å². The SMILES string of the molecule is CCS(=O)(=O)N1C2CCC1CN(CCn1c(C#N)cc3c(C)c(CN4CCC(Nc5ncnc6sc(CC(F)(F)F)cc56)CC4)ccc31)C2. The molecule has 3 saturated heterocycles. The lowest BCUT2D eigenvalue weighted by atomic mass is 10.0. The topological polar surface area (TPSA) is 110 Å². The first kappa shape index (κ1) is 34.2. The summed E-state index contributed by atoms with van der Waals surface area (Å²) in [5.41, 5.74) is 4.06. The molecule has 10 nitrogen and oxygen atoms in total. The Morgan fingerprint density at radius 2 is 1.76 bits per heavy atom. The predicted octanol–water partition coefficient (Wildman–Crippen LogP) is 5.51. The molecule has 0 saturated carbocycles. The van der Waals surface area contributed by atoms with Gasteiger partial charge < -0.3 is 9.88 Å². The van der Waals surface area contributed by atoms with Crippen LogP contribution in [0.25, 0.3) is 21.1 Å². The summed E-state index contributed by atoms with van der Waals surface area (Å²) in [5.74, 6) is 0.729. The molecular weight excluding hydrogens is 674 g/mol. The summed E-state index contributed by atoms with van der Waals surface area (Å²) in [6.45, 7) is 9.24. The van der Waals surface area contributed by atoms with Crippen molar-refractivity contribution in [2.45, 2.75) is 83.3 Å². The van der Waals surface area contributed by atoms with Gasteiger partial charge in [0.1, 0.15) is 28.7 Å². The number of benzene rings is 1. The fourth-order valence-electron chi connectivity index (χ4n) is 7.98. The second-order valence-corrected chi connectivity index (χ2v) is 16.9. The largest absolute Gasteiger partial charge is 0.393 e. The predicted molar refractivity (Wildman–Crippen MR) is 185 cm³/mol. The van der Waals surface area contributed by atoms with Crippen LogP contribution in [0.15, 0.2) is 30.6 Å². The molecule has 262 valence electrons. The van der Waals surface area contributed by atoms with Gasteiger partial charge in [0, 0.05) is 79.7 Å². The molecular formula is C34H41F3N8O2S2. The van der Waals surface area contributed by atoms with Crippen molar-refractivity contribution >= 4 is 48.3 Å². The number of rotatable bonds is 10. The Kier molecular flexibility index (Phi) is 9.38. The summed E-state index contributed by atoms with van der Waals surface area (Å²) in [4.78, 5) is 14.1. The Morgan fingerprint density at radius 3 is 2.43 bits per heavy atom. The molecule has 15 heteroatoms. The van der Waals surface area contributed by atoms with E-state index in [0.717, 1.165) is 87.2 Å². The molecule has 0 radical (unpaired) electrons. The molecule has 2 atom stereocenters. The number of likely N-dealkylation sites (tertiary alicyclic amines) is 2. The standard InChI is InChI=1S/C34H41F3N8O2S2/c1-3-49(46,47)45-25-5-6-26(45)20-43(19-25)12-13-44-27(17-38)14-29-22(2)23(4-7-31(29)44)18-42-10-8-24(9-11-42)41-32-30-15-28(16-34(35,36)37)48-33(30)40-21-39-32/h4,7,14-15,21,24-26H,3,5-6,8-13,16,18-20H2,1-2H3,(H,39,40,41). The van der Waals surface area contributed by atoms with Gasteiger partial charge in [-0.3, -0.25) is 9.80 Å². The van der Waals surface area contributed by atoms with Gasteiger partial charge in [-0.25, -0.2) is 18.4 Å². The van der Waals surface area contributed by atoms with Gasteiger partial charge in [-0.05, 0) is 68.9 Å². The normalized spacial score (nSPS) is 21.6. The number of nitrogens with one attached hydrogen (secondary N) is 1. The number of piperidine rings is 1. The molecule has 1 N–H and O–H groups in total. The molecule has 3 fully saturated rings. The molecule has 7 rings (SSSR count). The number of aromatic nitrogens is 3. The zero-order valence-corrected chi connectivity index (χ0v) is 29.3. The molecule has 3 aliphatic heterocycles. The lowest BCUT2D eigenvalue weighted by Gasteiger charge is -2.40. The van der Waals surface area contributed by atoms with E-state index in [-0.39, 0.29) is 28.8 Å². The van der Waals surface area contributed by atoms with Crippen molar-refractivity contribution in [2.75, 3.05) is 43.8 Å². The molecule has 0 aliphatic carbocycles. The van der Waals surface area contributed by atoms with Crippen molar-refractivity contribution in [2.24, 2.45) is 0 Å². The van der Waals surface area contributed by atoms with Crippen LogP contribution in [-0.4, -0.2) is 99.8 Å². The Balaban J connectivity index is 0.974. The molecule has 6 heterocycles. The van der Waals surface area contributed by atoms with E-state index in [2.05, 4.69) is 54.8 Å². The number of hydrogen-bond acceptors (Lipinski definition) is 9. The van der Waals surface area contributed by atoms with Crippen LogP contribution in [0.3, 0.4) is 0 Å². The fraction of sp³-hybridized carbons (Fsp3) is 0.559. The first-order valence-corrected chi connectivity index (χ1v) is 19.4. The third kappa shape index (κ3) is 7.03. The van der Waals surface area contributed by atoms with Gasteiger partial charge in [0.25, 0.3) is 0 Å². The van der Waals surface area contributed by atoms with Crippen molar-refractivity contribution in [3.63, 3.8) is 0 Å². The van der Waals surface area contributed by atoms with Crippen molar-refractivity contribution < 1.29 is 21.6 Å². The number of alkyl halides is 3. The Labute approximate surface area is 288 Å². The van der Waals surface area contributed by atoms with Gasteiger partial charge in [0.05, 0.1) is 17.6 Å². The highest BCUT2D eigenvalue weighted by molar-refractivity contribution is 7.89. The molecule has 3 aromatic heterocycles. The van der Waals surface area contributed by atoms with Crippen LogP contribution in [-0.2, 0) is 29.5 Å². The molecule has 49 heavy (non-hydrogen) atoms. The van der Waals surface area contributed by atoms with Crippen LogP contribution < -0.4 is 5.32 Å². The number of nitriles is 1. The van der Waals surface area contributed by atoms with Crippen LogP contribution in [0.1, 0.15) is 54.3 Å². The highest BCUT2D eigenvalue weighted by Crippen LogP contribution is 2.35. The highest BCUT2D eigenvalue weighted by Gasteiger charge is 2.45. The number of hydrogen-bond donors (Lipinski definition) is 1. The molecule has 0 amide bonds. The van der Waals surface area contributed by atoms with Crippen molar-refractivity contribution in [3.8, 4) is 6.07 Å². The van der Waals surface area contributed by atoms with E-state index < -0.39 is 22.6 Å². The van der Waals surface area contributed by atoms with E-state index >= 15 is 0 Å². The Morgan fingerprint density at radius 1 is 1.02 bits per heavy atom. The number of fused-ring (bicyclic) bond motifs is 4. The lowest BCUT2D eigenvalue weighted by molar-refractivity contribution is -0.126. The summed E-state index contributed by atoms with van der Waals surface area (Å²) in [7, 11) is -3.21. The number of sulfonamides is 1. The Bertz CT molecular complexity index is 1980. The molecule has 0 spiro atoms. The average Bonchev–Trinajstić information content (AvgIpc) is 3.73. The van der Waals surface area contributed by atoms with Gasteiger partial charge in [-0.2, -0.15) is 22.7 Å². The lowest BCUT2D eigenvalue weighted by Crippen LogP contribution is -2.56. The van der Waals surface area contributed by atoms with Crippen LogP contribution in [0.2, 0.25) is 0 Å². The molecule has 1 aromatic carbocycles. The minimum absolute atomic E-state index is 0.0373. The number of nitrogens with zero attached hydrogens (tertiary/aromatic N) is 7. The zero-order chi connectivity index (χ0) is 34.5. The van der Waals surface area contributed by atoms with Gasteiger partial charge in [0.15, 0.2) is 0 Å². The molecule has 2 bridgehead atoms. The average molecular weight is 715 g/mol. The number of piperazine rings is 1. The quantitative estimate of drug-likeness (QED) is 0.229. The van der Waals surface area contributed by atoms with E-state index in [4.69, 9.17) is 0 Å². The number of anilines is 1. The fourth-order valence-corrected chi connectivity index (χ4v) is 10.6. The van der Waals surface area contributed by atoms with Crippen LogP contribution in [0, 0.1) is 18.3 Å². The van der Waals surface area contributed by atoms with Crippen molar-refractivity contribution in [1.82, 2.24) is 28.6 Å². The van der Waals surface area contributed by atoms with Crippen LogP contribution in [0.4, 0.5) is 19.0 Å². The van der Waals surface area contributed by atoms with E-state index in [9.17, 15) is 26.9 Å². The molecule has 3 aliphatic rings. The minimum atomic E-state index is -4.26. The minimum Gasteiger partial charge on any atom is -0.367 e. The first-order valence-electron chi connectivity index (χ1n) is 17.0. The maximum atomic E-state index is 13.0. The summed E-state index contributed by atoms with van der Waals surface area (Å²) in [6.07, 6.45) is -0.260. The first-order chi connectivity index (χ1) is 23.4. The van der Waals surface area contributed by atoms with Crippen LogP contribution in [0.5, 0.6) is 0 Å². The van der Waals surface area contributed by atoms with Crippen molar-refractivity contribution in [1.29, 1.82) is 5.26 Å². The second kappa shape index (κ2) is 13.4. The third-order valence-corrected chi connectivity index (χ3v) is 13.5. The maximum absolute atomic E-state index is 13.0. The number of thiophene rings is 1. The summed E-state index contributed by atoms with van der Waals surface area (Å²) < 4.78 is 68.1. The second-order valence-electron chi connectivity index (χ2n) is 13.6. The van der Waals surface area contributed by atoms with Gasteiger partial charge in [0.2, 0.25) is 10.0 Å². The number of halogens is 3. The van der Waals surface area contributed by atoms with E-state index in [1.807, 2.05) is 6.07 Å². The van der Waals surface area contributed by atoms with E-state index in [1.54, 1.807) is 17.3 Å². The van der Waals surface area contributed by atoms with Gasteiger partial charge in [-0.15, -0.1) is 11.3 Å². The highest BCUT2D eigenvalue weighted by atomic mass is 32.2. The van der Waals surface area contributed by atoms with E-state index in [0.29, 0.717) is 28.3 Å². The summed E-state index contributed by atoms with van der Waals surface area (Å²) in [5, 5.41) is 15.2.